The molecule has 2 rings (SSSR count). The zero-order valence-electron chi connectivity index (χ0n) is 12.1. The van der Waals surface area contributed by atoms with Gasteiger partial charge in [-0.2, -0.15) is 0 Å². The van der Waals surface area contributed by atoms with Gasteiger partial charge in [0.2, 0.25) is 5.91 Å². The summed E-state index contributed by atoms with van der Waals surface area (Å²) in [4.78, 5) is 13.8. The van der Waals surface area contributed by atoms with E-state index in [4.69, 9.17) is 0 Å². The summed E-state index contributed by atoms with van der Waals surface area (Å²) in [6, 6.07) is 16.1. The highest BCUT2D eigenvalue weighted by Crippen LogP contribution is 2.05. The van der Waals surface area contributed by atoms with E-state index in [1.807, 2.05) is 42.3 Å². The molecular formula is C17H19FN2O. The maximum atomic E-state index is 12.8. The Bertz CT molecular complexity index is 569. The zero-order valence-corrected chi connectivity index (χ0v) is 12.1. The van der Waals surface area contributed by atoms with Gasteiger partial charge in [-0.1, -0.05) is 42.5 Å². The first-order valence-electron chi connectivity index (χ1n) is 6.87. The van der Waals surface area contributed by atoms with Crippen LogP contribution in [0.2, 0.25) is 0 Å². The fourth-order valence-electron chi connectivity index (χ4n) is 2.05. The van der Waals surface area contributed by atoms with Crippen LogP contribution in [0.4, 0.5) is 4.39 Å². The molecule has 0 atom stereocenters. The van der Waals surface area contributed by atoms with Gasteiger partial charge in [0.25, 0.3) is 0 Å². The van der Waals surface area contributed by atoms with Crippen LogP contribution >= 0.6 is 0 Å². The van der Waals surface area contributed by atoms with Crippen LogP contribution in [0.3, 0.4) is 0 Å². The first-order valence-corrected chi connectivity index (χ1v) is 6.87. The van der Waals surface area contributed by atoms with E-state index in [1.54, 1.807) is 12.1 Å². The van der Waals surface area contributed by atoms with Crippen molar-refractivity contribution in [1.82, 2.24) is 10.2 Å². The smallest absolute Gasteiger partial charge is 0.234 e. The normalized spacial score (nSPS) is 10.6. The molecule has 0 saturated heterocycles. The molecule has 3 nitrogen and oxygen atoms in total. The summed E-state index contributed by atoms with van der Waals surface area (Å²) in [6.45, 7) is 1.45. The van der Waals surface area contributed by atoms with Gasteiger partial charge in [-0.25, -0.2) is 4.39 Å². The lowest BCUT2D eigenvalue weighted by atomic mass is 10.2. The predicted molar refractivity (Wildman–Crippen MR) is 81.0 cm³/mol. The van der Waals surface area contributed by atoms with E-state index in [0.717, 1.165) is 11.1 Å². The number of nitrogens with one attached hydrogen (secondary N) is 1. The highest BCUT2D eigenvalue weighted by molar-refractivity contribution is 5.77. The Kier molecular flexibility index (Phi) is 5.46. The largest absolute Gasteiger partial charge is 0.351 e. The van der Waals surface area contributed by atoms with Crippen molar-refractivity contribution in [2.45, 2.75) is 13.1 Å². The number of hydrogen-bond donors (Lipinski definition) is 1. The Balaban J connectivity index is 1.75. The van der Waals surface area contributed by atoms with E-state index in [2.05, 4.69) is 5.32 Å². The van der Waals surface area contributed by atoms with Gasteiger partial charge in [0.05, 0.1) is 6.54 Å². The topological polar surface area (TPSA) is 32.3 Å². The van der Waals surface area contributed by atoms with Crippen molar-refractivity contribution in [3.8, 4) is 0 Å². The molecule has 0 heterocycles. The molecule has 1 amide bonds. The quantitative estimate of drug-likeness (QED) is 0.885. The summed E-state index contributed by atoms with van der Waals surface area (Å²) < 4.78 is 12.8. The van der Waals surface area contributed by atoms with Crippen molar-refractivity contribution in [2.75, 3.05) is 13.6 Å². The van der Waals surface area contributed by atoms with Crippen LogP contribution < -0.4 is 5.32 Å². The number of nitrogens with zero attached hydrogens (tertiary/aromatic N) is 1. The lowest BCUT2D eigenvalue weighted by Gasteiger charge is -2.16. The van der Waals surface area contributed by atoms with E-state index in [9.17, 15) is 9.18 Å². The Morgan fingerprint density at radius 3 is 2.38 bits per heavy atom. The summed E-state index contributed by atoms with van der Waals surface area (Å²) in [5, 5.41) is 2.88. The summed E-state index contributed by atoms with van der Waals surface area (Å²) in [6.07, 6.45) is 0. The van der Waals surface area contributed by atoms with Crippen molar-refractivity contribution in [2.24, 2.45) is 0 Å². The van der Waals surface area contributed by atoms with Gasteiger partial charge < -0.3 is 5.32 Å². The second-order valence-electron chi connectivity index (χ2n) is 5.06. The molecule has 4 heteroatoms. The van der Waals surface area contributed by atoms with Crippen LogP contribution in [0.1, 0.15) is 11.1 Å². The SMILES string of the molecule is CN(CC(=O)NCc1ccccc1)Cc1ccc(F)cc1. The molecule has 110 valence electrons. The van der Waals surface area contributed by atoms with E-state index >= 15 is 0 Å². The lowest BCUT2D eigenvalue weighted by molar-refractivity contribution is -0.122. The summed E-state index contributed by atoms with van der Waals surface area (Å²) >= 11 is 0. The first kappa shape index (κ1) is 15.2. The van der Waals surface area contributed by atoms with Gasteiger partial charge in [0.1, 0.15) is 5.82 Å². The molecule has 0 aromatic heterocycles. The Morgan fingerprint density at radius 1 is 1.05 bits per heavy atom. The predicted octanol–water partition coefficient (Wildman–Crippen LogP) is 2.57. The average molecular weight is 286 g/mol. The van der Waals surface area contributed by atoms with Crippen molar-refractivity contribution in [1.29, 1.82) is 0 Å². The number of carbonyl (C=O) groups excluding carboxylic acids is 1. The summed E-state index contributed by atoms with van der Waals surface area (Å²) in [5.41, 5.74) is 2.06. The number of hydrogen-bond acceptors (Lipinski definition) is 2. The van der Waals surface area contributed by atoms with Gasteiger partial charge in [-0.05, 0) is 30.3 Å². The van der Waals surface area contributed by atoms with Crippen LogP contribution in [0.15, 0.2) is 54.6 Å². The number of likely N-dealkylation sites (N-methyl/N-ethyl adjacent to an activating group) is 1. The Hall–Kier alpha value is -2.20. The second-order valence-corrected chi connectivity index (χ2v) is 5.06. The molecule has 0 unspecified atom stereocenters. The van der Waals surface area contributed by atoms with Gasteiger partial charge in [0.15, 0.2) is 0 Å². The second kappa shape index (κ2) is 7.55. The zero-order chi connectivity index (χ0) is 15.1. The highest BCUT2D eigenvalue weighted by atomic mass is 19.1. The van der Waals surface area contributed by atoms with Crippen molar-refractivity contribution < 1.29 is 9.18 Å². The Morgan fingerprint density at radius 2 is 1.71 bits per heavy atom. The monoisotopic (exact) mass is 286 g/mol. The molecule has 0 aliphatic rings. The molecule has 1 N–H and O–H groups in total. The summed E-state index contributed by atoms with van der Waals surface area (Å²) in [7, 11) is 1.87. The molecule has 0 aliphatic carbocycles. The standard InChI is InChI=1S/C17H19FN2O/c1-20(12-15-7-9-16(18)10-8-15)13-17(21)19-11-14-5-3-2-4-6-14/h2-10H,11-13H2,1H3,(H,19,21). The number of halogens is 1. The minimum absolute atomic E-state index is 0.0246. The molecule has 21 heavy (non-hydrogen) atoms. The fraction of sp³-hybridized carbons (Fsp3) is 0.235. The van der Waals surface area contributed by atoms with Crippen LogP contribution in [0, 0.1) is 5.82 Å². The van der Waals surface area contributed by atoms with Crippen molar-refractivity contribution in [3.63, 3.8) is 0 Å². The van der Waals surface area contributed by atoms with Gasteiger partial charge >= 0.3 is 0 Å². The van der Waals surface area contributed by atoms with Gasteiger partial charge in [-0.15, -0.1) is 0 Å². The molecule has 0 bridgehead atoms. The van der Waals surface area contributed by atoms with Crippen LogP contribution in [-0.4, -0.2) is 24.4 Å². The van der Waals surface area contributed by atoms with Crippen molar-refractivity contribution >= 4 is 5.91 Å². The number of amides is 1. The molecule has 0 fully saturated rings. The minimum Gasteiger partial charge on any atom is -0.351 e. The maximum Gasteiger partial charge on any atom is 0.234 e. The maximum absolute atomic E-state index is 12.8. The van der Waals surface area contributed by atoms with E-state index in [1.165, 1.54) is 12.1 Å². The highest BCUT2D eigenvalue weighted by Gasteiger charge is 2.07. The third-order valence-electron chi connectivity index (χ3n) is 3.11. The van der Waals surface area contributed by atoms with E-state index < -0.39 is 0 Å². The van der Waals surface area contributed by atoms with E-state index in [-0.39, 0.29) is 11.7 Å². The van der Waals surface area contributed by atoms with Crippen LogP contribution in [-0.2, 0) is 17.9 Å². The third-order valence-corrected chi connectivity index (χ3v) is 3.11. The molecule has 0 saturated carbocycles. The molecule has 0 spiro atoms. The lowest BCUT2D eigenvalue weighted by Crippen LogP contribution is -2.34. The number of benzene rings is 2. The van der Waals surface area contributed by atoms with Crippen LogP contribution in [0.5, 0.6) is 0 Å². The molecule has 2 aromatic rings. The summed E-state index contributed by atoms with van der Waals surface area (Å²) in [5.74, 6) is -0.273. The van der Waals surface area contributed by atoms with Crippen LogP contribution in [0.25, 0.3) is 0 Å². The van der Waals surface area contributed by atoms with Gasteiger partial charge in [-0.3, -0.25) is 9.69 Å². The third kappa shape index (κ3) is 5.36. The molecule has 0 aliphatic heterocycles. The molecular weight excluding hydrogens is 267 g/mol. The molecule has 2 aromatic carbocycles. The minimum atomic E-state index is -0.248. The first-order chi connectivity index (χ1) is 10.1. The van der Waals surface area contributed by atoms with E-state index in [0.29, 0.717) is 19.6 Å². The Labute approximate surface area is 124 Å². The fourth-order valence-corrected chi connectivity index (χ4v) is 2.05. The number of rotatable bonds is 6. The number of carbonyl (C=O) groups is 1. The average Bonchev–Trinajstić information content (AvgIpc) is 2.48. The van der Waals surface area contributed by atoms with Gasteiger partial charge in [0, 0.05) is 13.1 Å². The van der Waals surface area contributed by atoms with Crippen molar-refractivity contribution in [3.05, 3.63) is 71.5 Å². The molecule has 0 radical (unpaired) electrons.